The van der Waals surface area contributed by atoms with Crippen molar-refractivity contribution < 1.29 is 0 Å². The highest BCUT2D eigenvalue weighted by atomic mass is 79.9. The summed E-state index contributed by atoms with van der Waals surface area (Å²) in [6.45, 7) is 13.6. The second-order valence-electron chi connectivity index (χ2n) is 4.43. The third-order valence-corrected chi connectivity index (χ3v) is 6.96. The van der Waals surface area contributed by atoms with E-state index in [1.54, 1.807) is 0 Å². The van der Waals surface area contributed by atoms with E-state index in [1.807, 2.05) is 0 Å². The Morgan fingerprint density at radius 2 is 1.26 bits per heavy atom. The highest BCUT2D eigenvalue weighted by Crippen LogP contribution is 2.46. The predicted octanol–water partition coefficient (Wildman–Crippen LogP) is 4.94. The molecule has 1 rings (SSSR count). The molecular weight excluding hydrogens is 319 g/mol. The minimum Gasteiger partial charge on any atom is -0.270 e. The van der Waals surface area contributed by atoms with Crippen molar-refractivity contribution in [1.29, 1.82) is 0 Å². The van der Waals surface area contributed by atoms with E-state index in [0.29, 0.717) is 0 Å². The van der Waals surface area contributed by atoms with Crippen LogP contribution in [0, 0.1) is 0 Å². The maximum atomic E-state index is 3.51. The van der Waals surface area contributed by atoms with Gasteiger partial charge in [0.05, 0.1) is 0 Å². The Morgan fingerprint density at radius 3 is 1.63 bits per heavy atom. The van der Waals surface area contributed by atoms with Crippen LogP contribution in [0.5, 0.6) is 0 Å². The van der Waals surface area contributed by atoms with Gasteiger partial charge in [-0.15, -0.1) is 0 Å². The zero-order chi connectivity index (χ0) is 14.3. The molecule has 0 heterocycles. The molecule has 0 bridgehead atoms. The topological polar surface area (TPSA) is 6.48 Å². The zero-order valence-corrected chi connectivity index (χ0v) is 15.0. The van der Waals surface area contributed by atoms with Crippen LogP contribution in [0.4, 0.5) is 0 Å². The van der Waals surface area contributed by atoms with E-state index in [2.05, 4.69) is 77.2 Å². The lowest BCUT2D eigenvalue weighted by Gasteiger charge is -2.37. The molecule has 1 aromatic rings. The number of nitrogens with zero attached hydrogens (tertiary/aromatic N) is 2. The molecule has 1 aromatic carbocycles. The highest BCUT2D eigenvalue weighted by Gasteiger charge is 2.21. The lowest BCUT2D eigenvalue weighted by atomic mass is 10.2. The molecule has 0 fully saturated rings. The third-order valence-electron chi connectivity index (χ3n) is 3.35. The van der Waals surface area contributed by atoms with Crippen molar-refractivity contribution in [3.8, 4) is 0 Å². The van der Waals surface area contributed by atoms with E-state index in [0.717, 1.165) is 36.8 Å². The van der Waals surface area contributed by atoms with E-state index in [4.69, 9.17) is 0 Å². The summed E-state index contributed by atoms with van der Waals surface area (Å²) in [5.41, 5.74) is 1.44. The Kier molecular flexibility index (Phi) is 8.17. The fraction of sp³-hybridized carbons (Fsp3) is 0.600. The van der Waals surface area contributed by atoms with Crippen molar-refractivity contribution in [3.63, 3.8) is 0 Å². The molecule has 108 valence electrons. The normalized spacial score (nSPS) is 11.8. The number of hydrogen-bond donors (Lipinski definition) is 0. The van der Waals surface area contributed by atoms with Crippen LogP contribution in [-0.4, -0.2) is 35.5 Å². The fourth-order valence-corrected chi connectivity index (χ4v) is 5.10. The van der Waals surface area contributed by atoms with E-state index < -0.39 is 0 Å². The molecule has 0 N–H and O–H groups in total. The Hall–Kier alpha value is 0.0500. The molecule has 0 aliphatic rings. The van der Waals surface area contributed by atoms with Gasteiger partial charge in [-0.3, -0.25) is 9.34 Å². The molecule has 2 nitrogen and oxygen atoms in total. The first-order valence-corrected chi connectivity index (χ1v) is 9.40. The monoisotopic (exact) mass is 344 g/mol. The summed E-state index contributed by atoms with van der Waals surface area (Å²) in [5.74, 6) is 0. The SMILES string of the molecule is CCN(CC)P(Cc1ccc(Br)cc1)N(CC)CC. The van der Waals surface area contributed by atoms with Crippen molar-refractivity contribution >= 4 is 24.2 Å². The number of hydrogen-bond acceptors (Lipinski definition) is 2. The summed E-state index contributed by atoms with van der Waals surface area (Å²) in [5, 5.41) is 0. The van der Waals surface area contributed by atoms with Gasteiger partial charge in [0.2, 0.25) is 0 Å². The third kappa shape index (κ3) is 5.15. The molecule has 0 atom stereocenters. The van der Waals surface area contributed by atoms with Crippen LogP contribution in [0.15, 0.2) is 28.7 Å². The number of rotatable bonds is 8. The van der Waals surface area contributed by atoms with Crippen molar-refractivity contribution in [1.82, 2.24) is 9.34 Å². The van der Waals surface area contributed by atoms with Crippen LogP contribution in [0.3, 0.4) is 0 Å². The summed E-state index contributed by atoms with van der Waals surface area (Å²) in [6, 6.07) is 8.78. The molecule has 19 heavy (non-hydrogen) atoms. The lowest BCUT2D eigenvalue weighted by molar-refractivity contribution is 0.422. The van der Waals surface area contributed by atoms with Crippen LogP contribution >= 0.6 is 24.2 Å². The highest BCUT2D eigenvalue weighted by molar-refractivity contribution is 9.10. The predicted molar refractivity (Wildman–Crippen MR) is 90.6 cm³/mol. The standard InChI is InChI=1S/C15H26BrN2P/c1-5-17(6-2)19(18(7-3)8-4)13-14-9-11-15(16)12-10-14/h9-12H,5-8,13H2,1-4H3. The molecule has 0 radical (unpaired) electrons. The molecule has 0 aliphatic heterocycles. The van der Waals surface area contributed by atoms with Gasteiger partial charge < -0.3 is 0 Å². The van der Waals surface area contributed by atoms with Crippen molar-refractivity contribution in [2.24, 2.45) is 0 Å². The van der Waals surface area contributed by atoms with Crippen LogP contribution in [0.25, 0.3) is 0 Å². The van der Waals surface area contributed by atoms with Gasteiger partial charge in [-0.1, -0.05) is 55.8 Å². The van der Waals surface area contributed by atoms with Gasteiger partial charge >= 0.3 is 0 Å². The van der Waals surface area contributed by atoms with Crippen molar-refractivity contribution in [2.45, 2.75) is 33.9 Å². The van der Waals surface area contributed by atoms with Crippen molar-refractivity contribution in [3.05, 3.63) is 34.3 Å². The van der Waals surface area contributed by atoms with Gasteiger partial charge in [-0.05, 0) is 17.7 Å². The Labute approximate surface area is 128 Å². The average molecular weight is 345 g/mol. The zero-order valence-electron chi connectivity index (χ0n) is 12.6. The van der Waals surface area contributed by atoms with Crippen LogP contribution in [0.2, 0.25) is 0 Å². The Morgan fingerprint density at radius 1 is 0.842 bits per heavy atom. The number of benzene rings is 1. The molecule has 0 amide bonds. The van der Waals surface area contributed by atoms with Crippen LogP contribution < -0.4 is 0 Å². The van der Waals surface area contributed by atoms with E-state index in [1.165, 1.54) is 5.56 Å². The Balaban J connectivity index is 2.86. The molecule has 0 saturated carbocycles. The Bertz CT molecular complexity index is 336. The number of halogens is 1. The van der Waals surface area contributed by atoms with Gasteiger partial charge in [0, 0.05) is 45.0 Å². The fourth-order valence-electron chi connectivity index (χ4n) is 2.23. The minimum absolute atomic E-state index is 0.222. The van der Waals surface area contributed by atoms with Gasteiger partial charge in [-0.25, -0.2) is 0 Å². The average Bonchev–Trinajstić information content (AvgIpc) is 2.43. The van der Waals surface area contributed by atoms with Gasteiger partial charge in [-0.2, -0.15) is 0 Å². The molecular formula is C15H26BrN2P. The molecule has 0 spiro atoms. The van der Waals surface area contributed by atoms with Gasteiger partial charge in [0.25, 0.3) is 0 Å². The van der Waals surface area contributed by atoms with Crippen LogP contribution in [-0.2, 0) is 6.16 Å². The second kappa shape index (κ2) is 9.07. The molecule has 0 saturated heterocycles. The molecule has 0 unspecified atom stereocenters. The van der Waals surface area contributed by atoms with Crippen molar-refractivity contribution in [2.75, 3.05) is 26.2 Å². The van der Waals surface area contributed by atoms with E-state index in [9.17, 15) is 0 Å². The summed E-state index contributed by atoms with van der Waals surface area (Å²) in [7, 11) is -0.222. The van der Waals surface area contributed by atoms with E-state index in [-0.39, 0.29) is 8.22 Å². The summed E-state index contributed by atoms with van der Waals surface area (Å²) < 4.78 is 6.39. The first-order valence-electron chi connectivity index (χ1n) is 7.17. The second-order valence-corrected chi connectivity index (χ2v) is 7.54. The summed E-state index contributed by atoms with van der Waals surface area (Å²) in [6.07, 6.45) is 1.16. The minimum atomic E-state index is -0.222. The summed E-state index contributed by atoms with van der Waals surface area (Å²) >= 11 is 3.51. The molecule has 0 aliphatic carbocycles. The first-order chi connectivity index (χ1) is 9.15. The van der Waals surface area contributed by atoms with Crippen LogP contribution in [0.1, 0.15) is 33.3 Å². The lowest BCUT2D eigenvalue weighted by Crippen LogP contribution is -2.29. The maximum Gasteiger partial charge on any atom is 0.0440 e. The molecule has 4 heteroatoms. The van der Waals surface area contributed by atoms with Gasteiger partial charge in [0.1, 0.15) is 0 Å². The smallest absolute Gasteiger partial charge is 0.0440 e. The van der Waals surface area contributed by atoms with E-state index >= 15 is 0 Å². The van der Waals surface area contributed by atoms with Gasteiger partial charge in [0.15, 0.2) is 0 Å². The first kappa shape index (κ1) is 17.1. The molecule has 0 aromatic heterocycles. The maximum absolute atomic E-state index is 3.51. The largest absolute Gasteiger partial charge is 0.270 e. The summed E-state index contributed by atoms with van der Waals surface area (Å²) in [4.78, 5) is 0. The quantitative estimate of drug-likeness (QED) is 0.616.